The highest BCUT2D eigenvalue weighted by Gasteiger charge is 2.21. The van der Waals surface area contributed by atoms with Crippen molar-refractivity contribution in [3.05, 3.63) is 33.2 Å². The smallest absolute Gasteiger partial charge is 0.271 e. The van der Waals surface area contributed by atoms with E-state index in [1.165, 1.54) is 6.20 Å². The Morgan fingerprint density at radius 2 is 2.14 bits per heavy atom. The molecular weight excluding hydrogens is 394 g/mol. The molecule has 29 heavy (non-hydrogen) atoms. The van der Waals surface area contributed by atoms with Crippen LogP contribution in [0.15, 0.2) is 17.1 Å². The number of ether oxygens (including phenoxy) is 1. The lowest BCUT2D eigenvalue weighted by Gasteiger charge is -2.30. The van der Waals surface area contributed by atoms with E-state index >= 15 is 0 Å². The molecule has 2 saturated heterocycles. The van der Waals surface area contributed by atoms with Crippen molar-refractivity contribution in [3.63, 3.8) is 0 Å². The number of morpholine rings is 1. The quantitative estimate of drug-likeness (QED) is 0.582. The van der Waals surface area contributed by atoms with Crippen LogP contribution in [-0.2, 0) is 4.74 Å². The van der Waals surface area contributed by atoms with Gasteiger partial charge in [0.1, 0.15) is 17.3 Å². The normalized spacial score (nSPS) is 19.8. The molecule has 0 radical (unpaired) electrons. The Hall–Kier alpha value is -2.36. The van der Waals surface area contributed by atoms with Crippen LogP contribution in [0.4, 0.5) is 23.3 Å². The Balaban J connectivity index is 1.68. The third kappa shape index (κ3) is 4.80. The zero-order valence-electron chi connectivity index (χ0n) is 16.4. The fraction of sp³-hybridized carbons (Fsp3) is 0.526. The van der Waals surface area contributed by atoms with E-state index in [0.717, 1.165) is 50.4 Å². The van der Waals surface area contributed by atoms with Crippen molar-refractivity contribution >= 4 is 34.9 Å². The SMILES string of the molecule is Cc1c(Nc2cc(Cl)c[nH]c2=O)nc(NC2CCCNC2)nc1N1CCOCC1. The average Bonchev–Trinajstić information content (AvgIpc) is 2.74. The third-order valence-electron chi connectivity index (χ3n) is 5.18. The molecule has 0 amide bonds. The molecule has 9 nitrogen and oxygen atoms in total. The first-order chi connectivity index (χ1) is 14.1. The first-order valence-corrected chi connectivity index (χ1v) is 10.3. The number of rotatable bonds is 5. The number of nitrogens with one attached hydrogen (secondary N) is 4. The van der Waals surface area contributed by atoms with E-state index in [-0.39, 0.29) is 11.6 Å². The van der Waals surface area contributed by atoms with E-state index in [4.69, 9.17) is 21.3 Å². The van der Waals surface area contributed by atoms with Gasteiger partial charge in [-0.15, -0.1) is 0 Å². The summed E-state index contributed by atoms with van der Waals surface area (Å²) in [5.74, 6) is 1.97. The van der Waals surface area contributed by atoms with E-state index in [0.29, 0.717) is 35.7 Å². The minimum Gasteiger partial charge on any atom is -0.378 e. The predicted molar refractivity (Wildman–Crippen MR) is 115 cm³/mol. The molecule has 2 aliphatic heterocycles. The van der Waals surface area contributed by atoms with Crippen molar-refractivity contribution in [2.45, 2.75) is 25.8 Å². The van der Waals surface area contributed by atoms with Crippen molar-refractivity contribution in [1.82, 2.24) is 20.3 Å². The van der Waals surface area contributed by atoms with E-state index in [9.17, 15) is 4.79 Å². The molecule has 2 aliphatic rings. The van der Waals surface area contributed by atoms with Gasteiger partial charge in [-0.1, -0.05) is 11.6 Å². The largest absolute Gasteiger partial charge is 0.378 e. The number of aromatic nitrogens is 3. The van der Waals surface area contributed by atoms with Gasteiger partial charge < -0.3 is 30.6 Å². The molecule has 0 saturated carbocycles. The molecule has 4 rings (SSSR count). The highest BCUT2D eigenvalue weighted by Crippen LogP contribution is 2.28. The molecule has 2 aromatic heterocycles. The minimum absolute atomic E-state index is 0.258. The van der Waals surface area contributed by atoms with Crippen molar-refractivity contribution < 1.29 is 4.74 Å². The molecular formula is C19H26ClN7O2. The molecule has 0 aromatic carbocycles. The minimum atomic E-state index is -0.258. The second-order valence-corrected chi connectivity index (χ2v) is 7.75. The van der Waals surface area contributed by atoms with Crippen LogP contribution < -0.4 is 26.4 Å². The van der Waals surface area contributed by atoms with Gasteiger partial charge in [-0.25, -0.2) is 0 Å². The molecule has 0 aliphatic carbocycles. The predicted octanol–water partition coefficient (Wildman–Crippen LogP) is 1.87. The van der Waals surface area contributed by atoms with Gasteiger partial charge in [0.2, 0.25) is 5.95 Å². The Bertz CT molecular complexity index is 908. The summed E-state index contributed by atoms with van der Waals surface area (Å²) in [5, 5.41) is 10.4. The summed E-state index contributed by atoms with van der Waals surface area (Å²) in [5.41, 5.74) is 0.961. The monoisotopic (exact) mass is 419 g/mol. The fourth-order valence-electron chi connectivity index (χ4n) is 3.61. The summed E-state index contributed by atoms with van der Waals surface area (Å²) in [6.07, 6.45) is 3.64. The van der Waals surface area contributed by atoms with Gasteiger partial charge in [0.25, 0.3) is 5.56 Å². The number of hydrogen-bond donors (Lipinski definition) is 4. The summed E-state index contributed by atoms with van der Waals surface area (Å²) in [6.45, 7) is 6.72. The Morgan fingerprint density at radius 1 is 1.31 bits per heavy atom. The Labute approximate surface area is 174 Å². The van der Waals surface area contributed by atoms with Gasteiger partial charge in [-0.2, -0.15) is 9.97 Å². The number of piperidine rings is 1. The van der Waals surface area contributed by atoms with E-state index < -0.39 is 0 Å². The number of anilines is 4. The van der Waals surface area contributed by atoms with Crippen LogP contribution in [0.3, 0.4) is 0 Å². The van der Waals surface area contributed by atoms with Crippen LogP contribution >= 0.6 is 11.6 Å². The van der Waals surface area contributed by atoms with Crippen molar-refractivity contribution in [2.24, 2.45) is 0 Å². The molecule has 10 heteroatoms. The molecule has 2 aromatic rings. The maximum atomic E-state index is 12.2. The number of halogens is 1. The lowest BCUT2D eigenvalue weighted by atomic mass is 10.1. The zero-order chi connectivity index (χ0) is 20.2. The number of H-pyrrole nitrogens is 1. The molecule has 4 N–H and O–H groups in total. The molecule has 4 heterocycles. The highest BCUT2D eigenvalue weighted by atomic mass is 35.5. The summed E-state index contributed by atoms with van der Waals surface area (Å²) >= 11 is 6.05. The van der Waals surface area contributed by atoms with Crippen molar-refractivity contribution in [3.8, 4) is 0 Å². The molecule has 0 spiro atoms. The number of pyridine rings is 1. The first kappa shape index (κ1) is 19.9. The van der Waals surface area contributed by atoms with Gasteiger partial charge >= 0.3 is 0 Å². The second kappa shape index (κ2) is 8.98. The topological polar surface area (TPSA) is 107 Å². The Morgan fingerprint density at radius 3 is 2.90 bits per heavy atom. The third-order valence-corrected chi connectivity index (χ3v) is 5.40. The number of nitrogens with zero attached hydrogens (tertiary/aromatic N) is 3. The Kier molecular flexibility index (Phi) is 6.17. The molecule has 2 fully saturated rings. The lowest BCUT2D eigenvalue weighted by molar-refractivity contribution is 0.122. The van der Waals surface area contributed by atoms with E-state index in [1.54, 1.807) is 6.07 Å². The lowest BCUT2D eigenvalue weighted by Crippen LogP contribution is -2.40. The fourth-order valence-corrected chi connectivity index (χ4v) is 3.77. The van der Waals surface area contributed by atoms with Crippen molar-refractivity contribution in [1.29, 1.82) is 0 Å². The summed E-state index contributed by atoms with van der Waals surface area (Å²) < 4.78 is 5.48. The highest BCUT2D eigenvalue weighted by molar-refractivity contribution is 6.30. The number of aromatic amines is 1. The van der Waals surface area contributed by atoms with E-state index in [2.05, 4.69) is 30.8 Å². The summed E-state index contributed by atoms with van der Waals surface area (Å²) in [4.78, 5) is 26.5. The van der Waals surface area contributed by atoms with Crippen LogP contribution in [0, 0.1) is 6.92 Å². The summed E-state index contributed by atoms with van der Waals surface area (Å²) in [7, 11) is 0. The van der Waals surface area contributed by atoms with Gasteiger partial charge in [-0.05, 0) is 32.4 Å². The zero-order valence-corrected chi connectivity index (χ0v) is 17.2. The van der Waals surface area contributed by atoms with Crippen LogP contribution in [0.25, 0.3) is 0 Å². The van der Waals surface area contributed by atoms with Gasteiger partial charge in [0.05, 0.1) is 18.2 Å². The van der Waals surface area contributed by atoms with Gasteiger partial charge in [0, 0.05) is 37.4 Å². The molecule has 156 valence electrons. The molecule has 1 atom stereocenters. The molecule has 1 unspecified atom stereocenters. The van der Waals surface area contributed by atoms with Crippen LogP contribution in [-0.4, -0.2) is 60.4 Å². The molecule has 0 bridgehead atoms. The standard InChI is InChI=1S/C19H26ClN7O2/c1-12-16(24-15-9-13(20)10-22-18(15)28)25-19(23-14-3-2-4-21-11-14)26-17(12)27-5-7-29-8-6-27/h9-10,14,21H,2-8,11H2,1H3,(H,22,28)(H2,23,24,25,26). The van der Waals surface area contributed by atoms with Crippen LogP contribution in [0.2, 0.25) is 5.02 Å². The first-order valence-electron chi connectivity index (χ1n) is 9.94. The van der Waals surface area contributed by atoms with Gasteiger partial charge in [-0.3, -0.25) is 4.79 Å². The van der Waals surface area contributed by atoms with Crippen LogP contribution in [0.5, 0.6) is 0 Å². The van der Waals surface area contributed by atoms with E-state index in [1.807, 2.05) is 6.92 Å². The van der Waals surface area contributed by atoms with Gasteiger partial charge in [0.15, 0.2) is 0 Å². The summed E-state index contributed by atoms with van der Waals surface area (Å²) in [6, 6.07) is 1.86. The second-order valence-electron chi connectivity index (χ2n) is 7.32. The van der Waals surface area contributed by atoms with Crippen LogP contribution in [0.1, 0.15) is 18.4 Å². The maximum absolute atomic E-state index is 12.2. The van der Waals surface area contributed by atoms with Crippen molar-refractivity contribution in [2.75, 3.05) is 54.9 Å². The maximum Gasteiger partial charge on any atom is 0.271 e. The number of hydrogen-bond acceptors (Lipinski definition) is 8. The average molecular weight is 420 g/mol.